The van der Waals surface area contributed by atoms with E-state index < -0.39 is 0 Å². The molecular weight excluding hydrogens is 282 g/mol. The van der Waals surface area contributed by atoms with Crippen LogP contribution in [0.25, 0.3) is 0 Å². The molecule has 0 saturated carbocycles. The van der Waals surface area contributed by atoms with Crippen molar-refractivity contribution >= 4 is 27.5 Å². The fourth-order valence-electron chi connectivity index (χ4n) is 1.46. The number of carbonyl (C=O) groups excluding carboxylic acids is 1. The summed E-state index contributed by atoms with van der Waals surface area (Å²) < 4.78 is 0.922. The molecule has 0 spiro atoms. The summed E-state index contributed by atoms with van der Waals surface area (Å²) in [6.07, 6.45) is 0. The maximum Gasteiger partial charge on any atom is 0.276 e. The number of hydrogen-bond acceptors (Lipinski definition) is 2. The van der Waals surface area contributed by atoms with E-state index in [4.69, 9.17) is 0 Å². The van der Waals surface area contributed by atoms with Gasteiger partial charge >= 0.3 is 0 Å². The third kappa shape index (κ3) is 2.55. The second-order valence-corrected chi connectivity index (χ2v) is 4.70. The Morgan fingerprint density at radius 3 is 2.76 bits per heavy atom. The van der Waals surface area contributed by atoms with E-state index in [0.29, 0.717) is 5.69 Å². The Balaban J connectivity index is 2.20. The molecule has 0 fully saturated rings. The molecule has 88 valence electrons. The van der Waals surface area contributed by atoms with Crippen molar-refractivity contribution in [2.24, 2.45) is 0 Å². The number of nitrogens with zero attached hydrogens (tertiary/aromatic N) is 1. The SMILES string of the molecule is Cc1[nH]nc(C(=O)Nc2cccc(Br)c2)c1C. The summed E-state index contributed by atoms with van der Waals surface area (Å²) in [6.45, 7) is 3.76. The maximum atomic E-state index is 12.0. The molecule has 0 unspecified atom stereocenters. The highest BCUT2D eigenvalue weighted by atomic mass is 79.9. The number of H-pyrrole nitrogens is 1. The topological polar surface area (TPSA) is 57.8 Å². The first kappa shape index (κ1) is 11.9. The Labute approximate surface area is 108 Å². The first-order chi connectivity index (χ1) is 8.08. The summed E-state index contributed by atoms with van der Waals surface area (Å²) in [7, 11) is 0. The standard InChI is InChI=1S/C12H12BrN3O/c1-7-8(2)15-16-11(7)12(17)14-10-5-3-4-9(13)6-10/h3-6H,1-2H3,(H,14,17)(H,15,16). The predicted molar refractivity (Wildman–Crippen MR) is 70.2 cm³/mol. The van der Waals surface area contributed by atoms with Gasteiger partial charge in [0.25, 0.3) is 5.91 Å². The quantitative estimate of drug-likeness (QED) is 0.894. The lowest BCUT2D eigenvalue weighted by Gasteiger charge is -2.04. The highest BCUT2D eigenvalue weighted by Crippen LogP contribution is 2.17. The van der Waals surface area contributed by atoms with Crippen LogP contribution in [0.4, 0.5) is 5.69 Å². The van der Waals surface area contributed by atoms with Crippen molar-refractivity contribution in [3.05, 3.63) is 45.7 Å². The molecule has 0 aliphatic heterocycles. The van der Waals surface area contributed by atoms with Gasteiger partial charge in [0.2, 0.25) is 0 Å². The normalized spacial score (nSPS) is 10.3. The molecule has 17 heavy (non-hydrogen) atoms. The highest BCUT2D eigenvalue weighted by Gasteiger charge is 2.14. The molecule has 2 aromatic rings. The first-order valence-corrected chi connectivity index (χ1v) is 5.95. The summed E-state index contributed by atoms with van der Waals surface area (Å²) in [6, 6.07) is 7.44. The maximum absolute atomic E-state index is 12.0. The first-order valence-electron chi connectivity index (χ1n) is 5.16. The lowest BCUT2D eigenvalue weighted by molar-refractivity contribution is 0.102. The Hall–Kier alpha value is -1.62. The number of rotatable bonds is 2. The van der Waals surface area contributed by atoms with Crippen LogP contribution >= 0.6 is 15.9 Å². The summed E-state index contributed by atoms with van der Waals surface area (Å²) in [4.78, 5) is 12.0. The summed E-state index contributed by atoms with van der Waals surface area (Å²) >= 11 is 3.35. The van der Waals surface area contributed by atoms with Crippen LogP contribution in [-0.2, 0) is 0 Å². The minimum atomic E-state index is -0.204. The second-order valence-electron chi connectivity index (χ2n) is 3.79. The molecule has 1 aromatic carbocycles. The lowest BCUT2D eigenvalue weighted by Crippen LogP contribution is -2.13. The van der Waals surface area contributed by atoms with Crippen molar-refractivity contribution in [2.75, 3.05) is 5.32 Å². The van der Waals surface area contributed by atoms with Crippen LogP contribution in [-0.4, -0.2) is 16.1 Å². The minimum Gasteiger partial charge on any atom is -0.321 e. The van der Waals surface area contributed by atoms with Gasteiger partial charge in [0.15, 0.2) is 5.69 Å². The van der Waals surface area contributed by atoms with Crippen LogP contribution < -0.4 is 5.32 Å². The zero-order valence-corrected chi connectivity index (χ0v) is 11.1. The van der Waals surface area contributed by atoms with Gasteiger partial charge in [-0.2, -0.15) is 5.10 Å². The number of aromatic nitrogens is 2. The summed E-state index contributed by atoms with van der Waals surface area (Å²) in [5, 5.41) is 9.58. The van der Waals surface area contributed by atoms with E-state index >= 15 is 0 Å². The number of hydrogen-bond donors (Lipinski definition) is 2. The second kappa shape index (κ2) is 4.71. The van der Waals surface area contributed by atoms with Gasteiger partial charge in [-0.3, -0.25) is 9.89 Å². The molecule has 2 rings (SSSR count). The van der Waals surface area contributed by atoms with Crippen LogP contribution in [0.3, 0.4) is 0 Å². The number of aryl methyl sites for hydroxylation is 1. The average Bonchev–Trinajstić information content (AvgIpc) is 2.60. The van der Waals surface area contributed by atoms with E-state index in [1.54, 1.807) is 0 Å². The smallest absolute Gasteiger partial charge is 0.276 e. The van der Waals surface area contributed by atoms with Crippen molar-refractivity contribution < 1.29 is 4.79 Å². The van der Waals surface area contributed by atoms with Gasteiger partial charge in [0.05, 0.1) is 0 Å². The molecule has 0 atom stereocenters. The van der Waals surface area contributed by atoms with Crippen LogP contribution in [0.15, 0.2) is 28.7 Å². The highest BCUT2D eigenvalue weighted by molar-refractivity contribution is 9.10. The molecular formula is C12H12BrN3O. The fraction of sp³-hybridized carbons (Fsp3) is 0.167. The van der Waals surface area contributed by atoms with E-state index in [2.05, 4.69) is 31.4 Å². The van der Waals surface area contributed by atoms with Crippen LogP contribution in [0, 0.1) is 13.8 Å². The summed E-state index contributed by atoms with van der Waals surface area (Å²) in [5.41, 5.74) is 2.95. The zero-order chi connectivity index (χ0) is 12.4. The Morgan fingerprint density at radius 1 is 1.41 bits per heavy atom. The van der Waals surface area contributed by atoms with E-state index in [1.165, 1.54) is 0 Å². The van der Waals surface area contributed by atoms with Crippen molar-refractivity contribution in [3.63, 3.8) is 0 Å². The van der Waals surface area contributed by atoms with Gasteiger partial charge in [0, 0.05) is 21.4 Å². The number of nitrogens with one attached hydrogen (secondary N) is 2. The Morgan fingerprint density at radius 2 is 2.18 bits per heavy atom. The summed E-state index contributed by atoms with van der Waals surface area (Å²) in [5.74, 6) is -0.204. The number of benzene rings is 1. The number of amides is 1. The van der Waals surface area contributed by atoms with Crippen molar-refractivity contribution in [1.82, 2.24) is 10.2 Å². The zero-order valence-electron chi connectivity index (χ0n) is 9.54. The predicted octanol–water partition coefficient (Wildman–Crippen LogP) is 3.04. The largest absolute Gasteiger partial charge is 0.321 e. The van der Waals surface area contributed by atoms with Gasteiger partial charge < -0.3 is 5.32 Å². The molecule has 1 aromatic heterocycles. The molecule has 1 amide bonds. The average molecular weight is 294 g/mol. The van der Waals surface area contributed by atoms with E-state index in [9.17, 15) is 4.79 Å². The van der Waals surface area contributed by atoms with Gasteiger partial charge in [-0.1, -0.05) is 22.0 Å². The fourth-order valence-corrected chi connectivity index (χ4v) is 1.86. The third-order valence-corrected chi connectivity index (χ3v) is 3.04. The number of aromatic amines is 1. The molecule has 0 saturated heterocycles. The Kier molecular flexibility index (Phi) is 3.28. The van der Waals surface area contributed by atoms with Gasteiger partial charge in [0.1, 0.15) is 0 Å². The van der Waals surface area contributed by atoms with Crippen molar-refractivity contribution in [3.8, 4) is 0 Å². The molecule has 4 nitrogen and oxygen atoms in total. The molecule has 2 N–H and O–H groups in total. The third-order valence-electron chi connectivity index (χ3n) is 2.55. The molecule has 0 aliphatic carbocycles. The molecule has 5 heteroatoms. The van der Waals surface area contributed by atoms with E-state index in [0.717, 1.165) is 21.4 Å². The van der Waals surface area contributed by atoms with Crippen molar-refractivity contribution in [2.45, 2.75) is 13.8 Å². The van der Waals surface area contributed by atoms with Crippen molar-refractivity contribution in [1.29, 1.82) is 0 Å². The van der Waals surface area contributed by atoms with Gasteiger partial charge in [-0.05, 0) is 32.0 Å². The molecule has 0 radical (unpaired) electrons. The van der Waals surface area contributed by atoms with Gasteiger partial charge in [-0.25, -0.2) is 0 Å². The molecule has 0 bridgehead atoms. The van der Waals surface area contributed by atoms with E-state index in [1.807, 2.05) is 38.1 Å². The van der Waals surface area contributed by atoms with Crippen LogP contribution in [0.2, 0.25) is 0 Å². The molecule has 0 aliphatic rings. The van der Waals surface area contributed by atoms with E-state index in [-0.39, 0.29) is 5.91 Å². The molecule has 1 heterocycles. The van der Waals surface area contributed by atoms with Gasteiger partial charge in [-0.15, -0.1) is 0 Å². The number of anilines is 1. The lowest BCUT2D eigenvalue weighted by atomic mass is 10.2. The minimum absolute atomic E-state index is 0.204. The van der Waals surface area contributed by atoms with Crippen LogP contribution in [0.1, 0.15) is 21.7 Å². The number of carbonyl (C=O) groups is 1. The Bertz CT molecular complexity index is 563. The number of halogens is 1. The van der Waals surface area contributed by atoms with Crippen LogP contribution in [0.5, 0.6) is 0 Å². The monoisotopic (exact) mass is 293 g/mol.